The highest BCUT2D eigenvalue weighted by molar-refractivity contribution is 5.85. The lowest BCUT2D eigenvalue weighted by atomic mass is 9.43. The van der Waals surface area contributed by atoms with Crippen LogP contribution in [0.15, 0.2) is 11.6 Å². The van der Waals surface area contributed by atoms with Crippen LogP contribution in [0.4, 0.5) is 0 Å². The topological polar surface area (TPSA) is 111 Å². The van der Waals surface area contributed by atoms with Crippen molar-refractivity contribution < 1.29 is 19.7 Å². The summed E-state index contributed by atoms with van der Waals surface area (Å²) in [5, 5.41) is 22.0. The number of ether oxygens (including phenoxy) is 2. The lowest BCUT2D eigenvalue weighted by molar-refractivity contribution is -0.210. The zero-order valence-electron chi connectivity index (χ0n) is 32.9. The molecule has 1 aliphatic heterocycles. The summed E-state index contributed by atoms with van der Waals surface area (Å²) in [6, 6.07) is 0.482. The van der Waals surface area contributed by atoms with Crippen LogP contribution in [0, 0.1) is 99.6 Å². The highest BCUT2D eigenvalue weighted by Gasteiger charge is 2.68. The maximum absolute atomic E-state index is 11.1. The zero-order chi connectivity index (χ0) is 36.5. The van der Waals surface area contributed by atoms with Gasteiger partial charge >= 0.3 is 0 Å². The van der Waals surface area contributed by atoms with Gasteiger partial charge in [-0.05, 0) is 161 Å². The lowest BCUT2D eigenvalue weighted by Crippen LogP contribution is -2.64. The average molecular weight is 738 g/mol. The minimum atomic E-state index is -0.653. The number of aliphatic hydroxyl groups excluding tert-OH is 2. The number of rotatable bonds is 0. The van der Waals surface area contributed by atoms with Gasteiger partial charge in [0.15, 0.2) is 5.79 Å². The Bertz CT molecular complexity index is 1500. The second-order valence-corrected chi connectivity index (χ2v) is 20.7. The molecular weight excluding hydrogens is 668 g/mol. The Labute approximate surface area is 321 Å². The van der Waals surface area contributed by atoms with Crippen LogP contribution >= 0.6 is 12.4 Å². The first-order chi connectivity index (χ1) is 24.0. The normalized spacial score (nSPS) is 56.5. The monoisotopic (exact) mass is 736 g/mol. The van der Waals surface area contributed by atoms with Crippen molar-refractivity contribution in [2.75, 3.05) is 0 Å². The Balaban J connectivity index is 0.000000160. The zero-order valence-corrected chi connectivity index (χ0v) is 33.7. The van der Waals surface area contributed by atoms with Crippen LogP contribution in [-0.4, -0.2) is 52.5 Å². The van der Waals surface area contributed by atoms with Crippen molar-refractivity contribution in [1.29, 1.82) is 0 Å². The van der Waals surface area contributed by atoms with E-state index >= 15 is 0 Å². The molecule has 0 bridgehead atoms. The number of aliphatic hydroxyl groups is 2. The van der Waals surface area contributed by atoms with Crippen LogP contribution in [0.3, 0.4) is 0 Å². The molecule has 6 N–H and O–H groups in total. The van der Waals surface area contributed by atoms with Gasteiger partial charge in [-0.2, -0.15) is 0 Å². The molecule has 8 fully saturated rings. The molecule has 8 aliphatic carbocycles. The molecule has 7 saturated carbocycles. The maximum atomic E-state index is 11.1. The van der Waals surface area contributed by atoms with E-state index in [1.807, 2.05) is 0 Å². The molecule has 0 amide bonds. The van der Waals surface area contributed by atoms with Gasteiger partial charge in [-0.15, -0.1) is 31.2 Å². The molecule has 1 heterocycles. The van der Waals surface area contributed by atoms with Gasteiger partial charge in [0.05, 0.1) is 24.4 Å². The van der Waals surface area contributed by atoms with E-state index in [2.05, 4.69) is 59.5 Å². The van der Waals surface area contributed by atoms with Crippen molar-refractivity contribution in [1.82, 2.24) is 0 Å². The number of hydrogen-bond acceptors (Lipinski definition) is 6. The summed E-state index contributed by atoms with van der Waals surface area (Å²) in [4.78, 5) is 0. The van der Waals surface area contributed by atoms with E-state index in [1.165, 1.54) is 32.1 Å². The molecule has 1 saturated heterocycles. The van der Waals surface area contributed by atoms with Crippen molar-refractivity contribution >= 4 is 12.4 Å². The number of hydrogen-bond donors (Lipinski definition) is 4. The molecular formula is C45H69ClN2O4. The minimum Gasteiger partial charge on any atom is -0.390 e. The van der Waals surface area contributed by atoms with Crippen LogP contribution in [0.25, 0.3) is 0 Å². The van der Waals surface area contributed by atoms with Crippen molar-refractivity contribution in [2.24, 2.45) is 86.4 Å². The summed E-state index contributed by atoms with van der Waals surface area (Å²) in [7, 11) is 0. The van der Waals surface area contributed by atoms with Crippen molar-refractivity contribution in [3.05, 3.63) is 11.6 Å². The van der Waals surface area contributed by atoms with Crippen molar-refractivity contribution in [3.63, 3.8) is 0 Å². The van der Waals surface area contributed by atoms with Gasteiger partial charge in [0.25, 0.3) is 0 Å². The largest absolute Gasteiger partial charge is 0.390 e. The van der Waals surface area contributed by atoms with Gasteiger partial charge in [-0.25, -0.2) is 0 Å². The first-order valence-electron chi connectivity index (χ1n) is 20.9. The van der Waals surface area contributed by atoms with Crippen LogP contribution in [-0.2, 0) is 9.47 Å². The van der Waals surface area contributed by atoms with E-state index in [-0.39, 0.29) is 58.7 Å². The molecule has 290 valence electrons. The second-order valence-electron chi connectivity index (χ2n) is 20.7. The second kappa shape index (κ2) is 13.3. The fourth-order valence-electron chi connectivity index (χ4n) is 15.6. The molecule has 0 aromatic rings. The Morgan fingerprint density at radius 1 is 0.654 bits per heavy atom. The third-order valence-corrected chi connectivity index (χ3v) is 18.3. The summed E-state index contributed by atoms with van der Waals surface area (Å²) < 4.78 is 13.3. The Hall–Kier alpha value is -1.09. The van der Waals surface area contributed by atoms with E-state index in [0.29, 0.717) is 47.0 Å². The molecule has 9 unspecified atom stereocenters. The van der Waals surface area contributed by atoms with Gasteiger partial charge in [0.2, 0.25) is 0 Å². The molecule has 7 heteroatoms. The van der Waals surface area contributed by atoms with Crippen LogP contribution in [0.5, 0.6) is 0 Å². The Morgan fingerprint density at radius 3 is 1.87 bits per heavy atom. The number of allylic oxidation sites excluding steroid dienone is 2. The standard InChI is InChI=1S/C24H37NO2.C21H31NO2.ClH/c1-6-14-7-8-16-19-17(10-12-23(14,16)4)24(5)11-9-15(25)13-18(24)20-21(19)27-22(2,3)26-20;1-4-12-5-6-14-17-15(8-10-20(12,14)2)21(3)9-7-13(22)11-16(21)18(23)19(17)24;/h1,14-21H,7-13,25H2,2-5H3;1,5,13-19,23-24H,6-11,22H2,2-3H3;1H/t14?,15-,16?,17?,18?,19?,20+,21+,23+,24+;13-,14?,15?,16?,17?,18+,19+,20+,21+;/m00./s1. The number of nitrogens with two attached hydrogens (primary N) is 2. The molecule has 9 rings (SSSR count). The van der Waals surface area contributed by atoms with E-state index in [9.17, 15) is 10.2 Å². The van der Waals surface area contributed by atoms with E-state index in [1.54, 1.807) is 0 Å². The highest BCUT2D eigenvalue weighted by Crippen LogP contribution is 2.70. The average Bonchev–Trinajstić information content (AvgIpc) is 3.73. The first-order valence-corrected chi connectivity index (χ1v) is 20.9. The van der Waals surface area contributed by atoms with Crippen LogP contribution in [0.1, 0.15) is 125 Å². The number of halogens is 1. The molecule has 9 aliphatic rings. The summed E-state index contributed by atoms with van der Waals surface area (Å²) in [6.45, 7) is 13.9. The predicted molar refractivity (Wildman–Crippen MR) is 209 cm³/mol. The third kappa shape index (κ3) is 5.50. The van der Waals surface area contributed by atoms with Crippen LogP contribution < -0.4 is 11.5 Å². The molecule has 6 nitrogen and oxygen atoms in total. The molecule has 0 aromatic heterocycles. The first kappa shape index (κ1) is 39.2. The summed E-state index contributed by atoms with van der Waals surface area (Å²) >= 11 is 0. The summed E-state index contributed by atoms with van der Waals surface area (Å²) in [6.07, 6.45) is 27.7. The van der Waals surface area contributed by atoms with E-state index in [4.69, 9.17) is 33.8 Å². The lowest BCUT2D eigenvalue weighted by Gasteiger charge is -2.63. The highest BCUT2D eigenvalue weighted by atomic mass is 35.5. The molecule has 0 spiro atoms. The molecule has 19 atom stereocenters. The Kier molecular flexibility index (Phi) is 9.98. The van der Waals surface area contributed by atoms with Gasteiger partial charge in [-0.1, -0.05) is 39.7 Å². The fraction of sp³-hybridized carbons (Fsp3) is 0.867. The molecule has 0 radical (unpaired) electrons. The minimum absolute atomic E-state index is 0. The van der Waals surface area contributed by atoms with Crippen molar-refractivity contribution in [2.45, 2.75) is 167 Å². The van der Waals surface area contributed by atoms with Crippen LogP contribution in [0.2, 0.25) is 0 Å². The summed E-state index contributed by atoms with van der Waals surface area (Å²) in [5.41, 5.74) is 14.5. The van der Waals surface area contributed by atoms with Gasteiger partial charge in [-0.3, -0.25) is 0 Å². The van der Waals surface area contributed by atoms with Crippen molar-refractivity contribution in [3.8, 4) is 24.7 Å². The SMILES string of the molecule is C#CC1=CCC2C3C(CC[C@]12C)[C@@]1(C)CC[C@H](N)CC1[C@@H](O)[C@@H]3O.C#CC1CCC2C3C(CC[C@]12C)[C@@]1(C)CC[C@H](N)CC1[C@H]1OC(C)(C)O[C@H]31.Cl. The third-order valence-electron chi connectivity index (χ3n) is 18.3. The molecule has 52 heavy (non-hydrogen) atoms. The maximum Gasteiger partial charge on any atom is 0.163 e. The van der Waals surface area contributed by atoms with Gasteiger partial charge < -0.3 is 31.2 Å². The van der Waals surface area contributed by atoms with Gasteiger partial charge in [0, 0.05) is 29.0 Å². The number of terminal acetylenes is 2. The fourth-order valence-corrected chi connectivity index (χ4v) is 15.6. The van der Waals surface area contributed by atoms with Gasteiger partial charge in [0.1, 0.15) is 0 Å². The summed E-state index contributed by atoms with van der Waals surface area (Å²) in [5.74, 6) is 9.64. The molecule has 0 aromatic carbocycles. The van der Waals surface area contributed by atoms with E-state index in [0.717, 1.165) is 62.9 Å². The van der Waals surface area contributed by atoms with E-state index < -0.39 is 18.0 Å². The number of fused-ring (bicyclic) bond motifs is 13. The Morgan fingerprint density at radius 2 is 1.21 bits per heavy atom. The predicted octanol–water partition coefficient (Wildman–Crippen LogP) is 7.24. The quantitative estimate of drug-likeness (QED) is 0.195. The smallest absolute Gasteiger partial charge is 0.163 e.